The van der Waals surface area contributed by atoms with Crippen molar-refractivity contribution in [1.82, 2.24) is 9.88 Å². The fourth-order valence-corrected chi connectivity index (χ4v) is 3.47. The summed E-state index contributed by atoms with van der Waals surface area (Å²) in [6.07, 6.45) is 5.14. The van der Waals surface area contributed by atoms with Crippen molar-refractivity contribution < 1.29 is 14.3 Å². The number of hydrogen-bond donors (Lipinski definition) is 1. The first-order chi connectivity index (χ1) is 11.7. The highest BCUT2D eigenvalue weighted by Gasteiger charge is 2.26. The Morgan fingerprint density at radius 1 is 1.33 bits per heavy atom. The zero-order valence-corrected chi connectivity index (χ0v) is 14.1. The summed E-state index contributed by atoms with van der Waals surface area (Å²) in [5.74, 6) is 0.302. The van der Waals surface area contributed by atoms with E-state index < -0.39 is 0 Å². The SMILES string of the molecule is CCOC(=O)CCC1CCCN(C(=O)c2cccc3cc[nH]c23)C1. The minimum Gasteiger partial charge on any atom is -0.466 e. The van der Waals surface area contributed by atoms with Crippen LogP contribution >= 0.6 is 0 Å². The number of piperidine rings is 1. The molecule has 0 saturated carbocycles. The Balaban J connectivity index is 1.65. The number of aromatic nitrogens is 1. The number of carbonyl (C=O) groups is 2. The summed E-state index contributed by atoms with van der Waals surface area (Å²) in [4.78, 5) is 29.5. The summed E-state index contributed by atoms with van der Waals surface area (Å²) in [6, 6.07) is 7.78. The quantitative estimate of drug-likeness (QED) is 0.856. The van der Waals surface area contributed by atoms with E-state index in [2.05, 4.69) is 4.98 Å². The molecule has 1 N–H and O–H groups in total. The molecule has 128 valence electrons. The number of nitrogens with one attached hydrogen (secondary N) is 1. The zero-order chi connectivity index (χ0) is 16.9. The monoisotopic (exact) mass is 328 g/mol. The molecule has 5 nitrogen and oxygen atoms in total. The van der Waals surface area contributed by atoms with Gasteiger partial charge in [0, 0.05) is 31.1 Å². The van der Waals surface area contributed by atoms with Gasteiger partial charge in [0.25, 0.3) is 5.91 Å². The second kappa shape index (κ2) is 7.51. The molecule has 1 aliphatic rings. The number of benzene rings is 1. The highest BCUT2D eigenvalue weighted by Crippen LogP contribution is 2.25. The van der Waals surface area contributed by atoms with Gasteiger partial charge in [-0.3, -0.25) is 9.59 Å². The number of amides is 1. The average molecular weight is 328 g/mol. The second-order valence-corrected chi connectivity index (χ2v) is 6.35. The molecular weight excluding hydrogens is 304 g/mol. The number of esters is 1. The number of para-hydroxylation sites is 1. The van der Waals surface area contributed by atoms with Crippen molar-refractivity contribution in [2.24, 2.45) is 5.92 Å². The first-order valence-electron chi connectivity index (χ1n) is 8.70. The van der Waals surface area contributed by atoms with E-state index in [9.17, 15) is 9.59 Å². The van der Waals surface area contributed by atoms with Crippen LogP contribution < -0.4 is 0 Å². The minimum atomic E-state index is -0.142. The Bertz CT molecular complexity index is 722. The van der Waals surface area contributed by atoms with Gasteiger partial charge in [-0.25, -0.2) is 0 Å². The van der Waals surface area contributed by atoms with Crippen LogP contribution in [0.25, 0.3) is 10.9 Å². The normalized spacial score (nSPS) is 17.9. The molecule has 1 aromatic heterocycles. The number of likely N-dealkylation sites (tertiary alicyclic amines) is 1. The third kappa shape index (κ3) is 3.61. The van der Waals surface area contributed by atoms with Gasteiger partial charge in [-0.1, -0.05) is 12.1 Å². The van der Waals surface area contributed by atoms with E-state index in [1.165, 1.54) is 0 Å². The maximum Gasteiger partial charge on any atom is 0.305 e. The molecule has 1 aromatic carbocycles. The van der Waals surface area contributed by atoms with Crippen molar-refractivity contribution in [2.75, 3.05) is 19.7 Å². The Kier molecular flexibility index (Phi) is 5.18. The molecule has 0 aliphatic carbocycles. The first kappa shape index (κ1) is 16.6. The summed E-state index contributed by atoms with van der Waals surface area (Å²) >= 11 is 0. The highest BCUT2D eigenvalue weighted by atomic mass is 16.5. The fraction of sp³-hybridized carbons (Fsp3) is 0.474. The van der Waals surface area contributed by atoms with E-state index >= 15 is 0 Å². The Labute approximate surface area is 142 Å². The molecule has 1 unspecified atom stereocenters. The van der Waals surface area contributed by atoms with Crippen LogP contribution in [0.15, 0.2) is 30.5 Å². The highest BCUT2D eigenvalue weighted by molar-refractivity contribution is 6.05. The van der Waals surface area contributed by atoms with E-state index in [4.69, 9.17) is 4.74 Å². The van der Waals surface area contributed by atoms with E-state index in [0.29, 0.717) is 18.9 Å². The molecule has 0 radical (unpaired) electrons. The summed E-state index contributed by atoms with van der Waals surface area (Å²) in [5, 5.41) is 1.05. The van der Waals surface area contributed by atoms with E-state index in [0.717, 1.165) is 48.8 Å². The maximum absolute atomic E-state index is 12.9. The number of carbonyl (C=O) groups excluding carboxylic acids is 2. The minimum absolute atomic E-state index is 0.0730. The van der Waals surface area contributed by atoms with Crippen molar-refractivity contribution in [3.8, 4) is 0 Å². The number of rotatable bonds is 5. The lowest BCUT2D eigenvalue weighted by Gasteiger charge is -2.33. The molecule has 24 heavy (non-hydrogen) atoms. The summed E-state index contributed by atoms with van der Waals surface area (Å²) in [7, 11) is 0. The van der Waals surface area contributed by atoms with Crippen LogP contribution in [0, 0.1) is 5.92 Å². The first-order valence-corrected chi connectivity index (χ1v) is 8.70. The summed E-state index contributed by atoms with van der Waals surface area (Å²) < 4.78 is 4.99. The molecule has 3 rings (SSSR count). The van der Waals surface area contributed by atoms with Gasteiger partial charge >= 0.3 is 5.97 Å². The number of aromatic amines is 1. The van der Waals surface area contributed by atoms with E-state index in [1.807, 2.05) is 42.3 Å². The predicted molar refractivity (Wildman–Crippen MR) is 92.8 cm³/mol. The predicted octanol–water partition coefficient (Wildman–Crippen LogP) is 3.36. The summed E-state index contributed by atoms with van der Waals surface area (Å²) in [6.45, 7) is 3.75. The Hall–Kier alpha value is -2.30. The zero-order valence-electron chi connectivity index (χ0n) is 14.1. The van der Waals surface area contributed by atoms with Crippen LogP contribution in [0.4, 0.5) is 0 Å². The van der Waals surface area contributed by atoms with Gasteiger partial charge in [-0.2, -0.15) is 0 Å². The molecule has 1 saturated heterocycles. The molecule has 2 aromatic rings. The molecule has 2 heterocycles. The number of H-pyrrole nitrogens is 1. The van der Waals surface area contributed by atoms with Crippen molar-refractivity contribution in [2.45, 2.75) is 32.6 Å². The van der Waals surface area contributed by atoms with Crippen LogP contribution in [0.5, 0.6) is 0 Å². The van der Waals surface area contributed by atoms with Crippen LogP contribution in [-0.4, -0.2) is 41.5 Å². The lowest BCUT2D eigenvalue weighted by molar-refractivity contribution is -0.143. The third-order valence-corrected chi connectivity index (χ3v) is 4.69. The van der Waals surface area contributed by atoms with Crippen molar-refractivity contribution in [1.29, 1.82) is 0 Å². The fourth-order valence-electron chi connectivity index (χ4n) is 3.47. The lowest BCUT2D eigenvalue weighted by Crippen LogP contribution is -2.40. The molecular formula is C19H24N2O3. The van der Waals surface area contributed by atoms with Crippen LogP contribution in [-0.2, 0) is 9.53 Å². The van der Waals surface area contributed by atoms with Gasteiger partial charge in [0.2, 0.25) is 0 Å². The Morgan fingerprint density at radius 2 is 2.21 bits per heavy atom. The molecule has 1 amide bonds. The number of fused-ring (bicyclic) bond motifs is 1. The number of ether oxygens (including phenoxy) is 1. The molecule has 0 spiro atoms. The Morgan fingerprint density at radius 3 is 3.04 bits per heavy atom. The average Bonchev–Trinajstić information content (AvgIpc) is 3.08. The van der Waals surface area contributed by atoms with Gasteiger partial charge in [0.05, 0.1) is 17.7 Å². The van der Waals surface area contributed by atoms with Crippen LogP contribution in [0.1, 0.15) is 43.0 Å². The maximum atomic E-state index is 12.9. The number of hydrogen-bond acceptors (Lipinski definition) is 3. The van der Waals surface area contributed by atoms with Crippen molar-refractivity contribution in [3.63, 3.8) is 0 Å². The molecule has 1 fully saturated rings. The van der Waals surface area contributed by atoms with E-state index in [1.54, 1.807) is 0 Å². The number of nitrogens with zero attached hydrogens (tertiary/aromatic N) is 1. The van der Waals surface area contributed by atoms with Gasteiger partial charge in [0.15, 0.2) is 0 Å². The molecule has 1 atom stereocenters. The van der Waals surface area contributed by atoms with Crippen LogP contribution in [0.3, 0.4) is 0 Å². The van der Waals surface area contributed by atoms with Gasteiger partial charge < -0.3 is 14.6 Å². The smallest absolute Gasteiger partial charge is 0.305 e. The summed E-state index contributed by atoms with van der Waals surface area (Å²) in [5.41, 5.74) is 1.62. The largest absolute Gasteiger partial charge is 0.466 e. The third-order valence-electron chi connectivity index (χ3n) is 4.69. The van der Waals surface area contributed by atoms with Gasteiger partial charge in [-0.15, -0.1) is 0 Å². The van der Waals surface area contributed by atoms with E-state index in [-0.39, 0.29) is 11.9 Å². The molecule has 1 aliphatic heterocycles. The van der Waals surface area contributed by atoms with Crippen LogP contribution in [0.2, 0.25) is 0 Å². The standard InChI is InChI=1S/C19H24N2O3/c1-2-24-17(22)9-8-14-5-4-12-21(13-14)19(23)16-7-3-6-15-10-11-20-18(15)16/h3,6-7,10-11,14,20H,2,4-5,8-9,12-13H2,1H3. The molecule has 5 heteroatoms. The lowest BCUT2D eigenvalue weighted by atomic mass is 9.93. The van der Waals surface area contributed by atoms with Gasteiger partial charge in [-0.05, 0) is 44.2 Å². The second-order valence-electron chi connectivity index (χ2n) is 6.35. The molecule has 0 bridgehead atoms. The van der Waals surface area contributed by atoms with Crippen molar-refractivity contribution >= 4 is 22.8 Å². The van der Waals surface area contributed by atoms with Crippen molar-refractivity contribution in [3.05, 3.63) is 36.0 Å². The van der Waals surface area contributed by atoms with Gasteiger partial charge in [0.1, 0.15) is 0 Å². The topological polar surface area (TPSA) is 62.4 Å².